The van der Waals surface area contributed by atoms with Crippen molar-refractivity contribution >= 4 is 24.7 Å². The average Bonchev–Trinajstić information content (AvgIpc) is 2.69. The minimum Gasteiger partial charge on any atom is -0.313 e. The number of amidine groups is 1. The molecule has 3 aromatic rings. The fourth-order valence-corrected chi connectivity index (χ4v) is 2.96. The first kappa shape index (κ1) is 22.1. The Hall–Kier alpha value is -3.19. The van der Waals surface area contributed by atoms with Crippen molar-refractivity contribution in [1.29, 1.82) is 5.41 Å². The van der Waals surface area contributed by atoms with Crippen LogP contribution in [0.1, 0.15) is 41.1 Å². The lowest BCUT2D eigenvalue weighted by molar-refractivity contribution is -0.108. The first-order chi connectivity index (χ1) is 13.5. The first-order valence-electron chi connectivity index (χ1n) is 8.84. The van der Waals surface area contributed by atoms with Gasteiger partial charge in [-0.15, -0.1) is 12.4 Å². The number of carbonyl (C=O) groups excluding carboxylic acids is 1. The lowest BCUT2D eigenvalue weighted by Crippen LogP contribution is -2.22. The maximum absolute atomic E-state index is 13.2. The Bertz CT molecular complexity index is 967. The summed E-state index contributed by atoms with van der Waals surface area (Å²) in [7, 11) is 0. The van der Waals surface area contributed by atoms with E-state index < -0.39 is 0 Å². The van der Waals surface area contributed by atoms with Crippen LogP contribution in [0, 0.1) is 11.2 Å². The highest BCUT2D eigenvalue weighted by Crippen LogP contribution is 2.21. The molecular formula is C21H21ClFN5O. The molecule has 0 aliphatic carbocycles. The summed E-state index contributed by atoms with van der Waals surface area (Å²) in [5.41, 5.74) is 3.86. The van der Waals surface area contributed by atoms with Gasteiger partial charge < -0.3 is 5.32 Å². The number of hydrogen-bond donors (Lipinski definition) is 2. The van der Waals surface area contributed by atoms with Gasteiger partial charge >= 0.3 is 0 Å². The van der Waals surface area contributed by atoms with Crippen LogP contribution in [0.5, 0.6) is 0 Å². The molecule has 1 aromatic carbocycles. The van der Waals surface area contributed by atoms with Crippen molar-refractivity contribution in [3.8, 4) is 0 Å². The smallest absolute Gasteiger partial charge is 0.212 e. The minimum atomic E-state index is -0.268. The number of benzene rings is 1. The monoisotopic (exact) mass is 413 g/mol. The molecule has 1 amide bonds. The number of halogens is 2. The van der Waals surface area contributed by atoms with E-state index in [1.165, 1.54) is 12.1 Å². The van der Waals surface area contributed by atoms with Crippen molar-refractivity contribution in [2.45, 2.75) is 25.7 Å². The fourth-order valence-electron chi connectivity index (χ4n) is 2.96. The second-order valence-electron chi connectivity index (χ2n) is 6.51. The summed E-state index contributed by atoms with van der Waals surface area (Å²) in [6, 6.07) is 9.97. The molecule has 0 aliphatic rings. The number of pyridine rings is 1. The topological polar surface area (TPSA) is 91.6 Å². The van der Waals surface area contributed by atoms with Gasteiger partial charge in [0.2, 0.25) is 6.41 Å². The Morgan fingerprint density at radius 1 is 1.17 bits per heavy atom. The quantitative estimate of drug-likeness (QED) is 0.352. The van der Waals surface area contributed by atoms with Crippen LogP contribution in [0.25, 0.3) is 0 Å². The van der Waals surface area contributed by atoms with Crippen molar-refractivity contribution < 1.29 is 9.18 Å². The third-order valence-electron chi connectivity index (χ3n) is 4.36. The van der Waals surface area contributed by atoms with Crippen LogP contribution in [-0.4, -0.2) is 27.2 Å². The van der Waals surface area contributed by atoms with Gasteiger partial charge in [-0.25, -0.2) is 4.39 Å². The molecule has 0 fully saturated rings. The van der Waals surface area contributed by atoms with Crippen LogP contribution in [0.4, 0.5) is 4.39 Å². The van der Waals surface area contributed by atoms with Gasteiger partial charge in [-0.3, -0.25) is 25.2 Å². The Kier molecular flexibility index (Phi) is 7.91. The van der Waals surface area contributed by atoms with Gasteiger partial charge in [-0.2, -0.15) is 0 Å². The summed E-state index contributed by atoms with van der Waals surface area (Å²) < 4.78 is 13.2. The predicted molar refractivity (Wildman–Crippen MR) is 111 cm³/mol. The van der Waals surface area contributed by atoms with Gasteiger partial charge in [0, 0.05) is 42.0 Å². The predicted octanol–water partition coefficient (Wildman–Crippen LogP) is 3.44. The molecule has 8 heteroatoms. The SMILES string of the molecule is C[C@H](Cc1cc(C(=N)NC=O)cc(Cc2cnccn2)n1)c1ccc(F)cc1.Cl. The molecule has 6 nitrogen and oxygen atoms in total. The molecule has 0 unspecified atom stereocenters. The summed E-state index contributed by atoms with van der Waals surface area (Å²) in [4.78, 5) is 23.8. The van der Waals surface area contributed by atoms with E-state index in [2.05, 4.69) is 15.3 Å². The molecule has 150 valence electrons. The van der Waals surface area contributed by atoms with Gasteiger partial charge in [0.15, 0.2) is 0 Å². The number of hydrogen-bond acceptors (Lipinski definition) is 5. The minimum absolute atomic E-state index is 0. The van der Waals surface area contributed by atoms with Crippen LogP contribution < -0.4 is 5.32 Å². The molecule has 0 saturated heterocycles. The van der Waals surface area contributed by atoms with Crippen LogP contribution in [0.2, 0.25) is 0 Å². The molecule has 2 N–H and O–H groups in total. The number of carbonyl (C=O) groups is 1. The summed E-state index contributed by atoms with van der Waals surface area (Å²) in [6.07, 6.45) is 6.45. The lowest BCUT2D eigenvalue weighted by Gasteiger charge is -2.14. The van der Waals surface area contributed by atoms with Crippen LogP contribution in [0.15, 0.2) is 55.0 Å². The third kappa shape index (κ3) is 6.15. The molecule has 3 rings (SSSR count). The summed E-state index contributed by atoms with van der Waals surface area (Å²) in [6.45, 7) is 2.04. The second-order valence-corrected chi connectivity index (χ2v) is 6.51. The number of rotatable bonds is 7. The van der Waals surface area contributed by atoms with E-state index in [1.54, 1.807) is 42.9 Å². The molecule has 2 heterocycles. The molecule has 0 bridgehead atoms. The Morgan fingerprint density at radius 2 is 1.90 bits per heavy atom. The van der Waals surface area contributed by atoms with Crippen molar-refractivity contribution in [1.82, 2.24) is 20.3 Å². The lowest BCUT2D eigenvalue weighted by atomic mass is 9.95. The van der Waals surface area contributed by atoms with Crippen molar-refractivity contribution in [2.24, 2.45) is 0 Å². The third-order valence-corrected chi connectivity index (χ3v) is 4.36. The highest BCUT2D eigenvalue weighted by atomic mass is 35.5. The normalized spacial score (nSPS) is 11.2. The molecular weight excluding hydrogens is 393 g/mol. The van der Waals surface area contributed by atoms with Crippen molar-refractivity contribution in [3.05, 3.63) is 89.0 Å². The van der Waals surface area contributed by atoms with E-state index in [0.717, 1.165) is 22.6 Å². The number of nitrogens with zero attached hydrogens (tertiary/aromatic N) is 3. The number of aromatic nitrogens is 3. The summed E-state index contributed by atoms with van der Waals surface area (Å²) in [5.74, 6) is -0.148. The zero-order valence-corrected chi connectivity index (χ0v) is 16.6. The summed E-state index contributed by atoms with van der Waals surface area (Å²) in [5, 5.41) is 10.4. The Balaban J connectivity index is 0.00000300. The highest BCUT2D eigenvalue weighted by molar-refractivity contribution is 6.01. The van der Waals surface area contributed by atoms with Crippen molar-refractivity contribution in [2.75, 3.05) is 0 Å². The summed E-state index contributed by atoms with van der Waals surface area (Å²) >= 11 is 0. The van der Waals surface area contributed by atoms with Crippen molar-refractivity contribution in [3.63, 3.8) is 0 Å². The molecule has 0 radical (unpaired) electrons. The van der Waals surface area contributed by atoms with E-state index >= 15 is 0 Å². The first-order valence-corrected chi connectivity index (χ1v) is 8.84. The zero-order chi connectivity index (χ0) is 19.9. The average molecular weight is 414 g/mol. The fraction of sp³-hybridized carbons (Fsp3) is 0.190. The van der Waals surface area contributed by atoms with E-state index in [4.69, 9.17) is 10.4 Å². The maximum atomic E-state index is 13.2. The number of nitrogens with one attached hydrogen (secondary N) is 2. The van der Waals surface area contributed by atoms with Gasteiger partial charge in [-0.1, -0.05) is 19.1 Å². The Labute approximate surface area is 174 Å². The molecule has 0 aliphatic heterocycles. The van der Waals surface area contributed by atoms with Crippen LogP contribution in [-0.2, 0) is 17.6 Å². The van der Waals surface area contributed by atoms with Gasteiger partial charge in [0.05, 0.1) is 5.69 Å². The van der Waals surface area contributed by atoms with E-state index in [-0.39, 0.29) is 30.0 Å². The van der Waals surface area contributed by atoms with Gasteiger partial charge in [0.25, 0.3) is 0 Å². The molecule has 0 saturated carbocycles. The van der Waals surface area contributed by atoms with E-state index in [1.807, 2.05) is 6.92 Å². The largest absolute Gasteiger partial charge is 0.313 e. The van der Waals surface area contributed by atoms with Gasteiger partial charge in [-0.05, 0) is 42.2 Å². The second kappa shape index (κ2) is 10.4. The Morgan fingerprint density at radius 3 is 2.55 bits per heavy atom. The standard InChI is InChI=1S/C21H20FN5O.ClH/c1-14(15-2-4-17(22)5-3-15)8-18-9-16(21(23)26-13-28)10-19(27-18)11-20-12-24-6-7-25-20;/h2-7,9-10,12-14H,8,11H2,1H3,(H2,23,26,28);1H/t14-;/m1./s1. The molecule has 2 aromatic heterocycles. The van der Waals surface area contributed by atoms with Crippen LogP contribution >= 0.6 is 12.4 Å². The molecule has 0 spiro atoms. The zero-order valence-electron chi connectivity index (χ0n) is 15.8. The van der Waals surface area contributed by atoms with Crippen LogP contribution in [0.3, 0.4) is 0 Å². The van der Waals surface area contributed by atoms with Gasteiger partial charge in [0.1, 0.15) is 11.7 Å². The molecule has 29 heavy (non-hydrogen) atoms. The number of amides is 1. The van der Waals surface area contributed by atoms with E-state index in [0.29, 0.717) is 24.8 Å². The highest BCUT2D eigenvalue weighted by Gasteiger charge is 2.13. The maximum Gasteiger partial charge on any atom is 0.212 e. The molecule has 1 atom stereocenters. The van der Waals surface area contributed by atoms with E-state index in [9.17, 15) is 9.18 Å².